The second-order valence-corrected chi connectivity index (χ2v) is 6.58. The van der Waals surface area contributed by atoms with Crippen LogP contribution in [0, 0.1) is 24.0 Å². The van der Waals surface area contributed by atoms with Gasteiger partial charge in [-0.2, -0.15) is 5.10 Å². The van der Waals surface area contributed by atoms with Crippen LogP contribution in [0.2, 0.25) is 0 Å². The van der Waals surface area contributed by atoms with Crippen LogP contribution in [0.4, 0.5) is 11.4 Å². The quantitative estimate of drug-likeness (QED) is 0.389. The van der Waals surface area contributed by atoms with Crippen LogP contribution in [-0.4, -0.2) is 32.7 Å². The number of amides is 1. The number of aryl methyl sites for hydroxylation is 1. The summed E-state index contributed by atoms with van der Waals surface area (Å²) in [7, 11) is 0. The molecule has 1 unspecified atom stereocenters. The number of hydrogen-bond donors (Lipinski definition) is 1. The number of ether oxygens (including phenoxy) is 1. The fourth-order valence-corrected chi connectivity index (χ4v) is 3.08. The van der Waals surface area contributed by atoms with Crippen LogP contribution in [0.1, 0.15) is 18.3 Å². The Balaban J connectivity index is 1.66. The highest BCUT2D eigenvalue weighted by Gasteiger charge is 2.24. The van der Waals surface area contributed by atoms with Crippen molar-refractivity contribution >= 4 is 34.0 Å². The molecule has 1 heterocycles. The number of nitro groups is 1. The predicted molar refractivity (Wildman–Crippen MR) is 106 cm³/mol. The summed E-state index contributed by atoms with van der Waals surface area (Å²) in [5.41, 5.74) is 0.934. The molecule has 2 aromatic carbocycles. The molecule has 0 spiro atoms. The molecule has 0 saturated carbocycles. The highest BCUT2D eigenvalue weighted by Crippen LogP contribution is 2.24. The number of rotatable bonds is 6. The van der Waals surface area contributed by atoms with Crippen LogP contribution in [0.5, 0.6) is 0 Å². The average Bonchev–Trinajstić information content (AvgIpc) is 2.95. The number of nitrogens with zero attached hydrogens (tertiary/aromatic N) is 3. The number of esters is 1. The molecule has 29 heavy (non-hydrogen) atoms. The van der Waals surface area contributed by atoms with Crippen LogP contribution in [0.3, 0.4) is 0 Å². The third kappa shape index (κ3) is 4.23. The summed E-state index contributed by atoms with van der Waals surface area (Å²) in [6.07, 6.45) is -1.05. The van der Waals surface area contributed by atoms with E-state index >= 15 is 0 Å². The molecule has 3 rings (SSSR count). The topological polar surface area (TPSA) is 116 Å². The molecule has 0 aliphatic heterocycles. The Morgan fingerprint density at radius 2 is 1.90 bits per heavy atom. The molecule has 9 heteroatoms. The fourth-order valence-electron chi connectivity index (χ4n) is 3.08. The number of carbonyl (C=O) groups excluding carboxylic acids is 2. The van der Waals surface area contributed by atoms with Crippen molar-refractivity contribution in [2.75, 3.05) is 5.32 Å². The molecule has 150 valence electrons. The first-order valence-corrected chi connectivity index (χ1v) is 8.94. The molecular weight excluding hydrogens is 376 g/mol. The molecule has 1 atom stereocenters. The van der Waals surface area contributed by atoms with E-state index in [4.69, 9.17) is 4.74 Å². The summed E-state index contributed by atoms with van der Waals surface area (Å²) in [6.45, 7) is 4.13. The maximum atomic E-state index is 12.5. The van der Waals surface area contributed by atoms with Gasteiger partial charge in [-0.15, -0.1) is 0 Å². The molecule has 0 fully saturated rings. The van der Waals surface area contributed by atoms with Crippen molar-refractivity contribution < 1.29 is 19.2 Å². The SMILES string of the molecule is Cc1nn(CC(=O)OC(C)C(=O)Nc2cccc3ccccc23)c(C)c1[N+](=O)[O-]. The van der Waals surface area contributed by atoms with E-state index in [0.717, 1.165) is 10.8 Å². The Hall–Kier alpha value is -3.75. The largest absolute Gasteiger partial charge is 0.451 e. The highest BCUT2D eigenvalue weighted by molar-refractivity contribution is 6.03. The first kappa shape index (κ1) is 20.0. The molecule has 0 aliphatic carbocycles. The Labute approximate surface area is 166 Å². The Morgan fingerprint density at radius 1 is 1.21 bits per heavy atom. The van der Waals surface area contributed by atoms with Crippen molar-refractivity contribution in [3.8, 4) is 0 Å². The zero-order valence-corrected chi connectivity index (χ0v) is 16.2. The molecule has 0 bridgehead atoms. The first-order valence-electron chi connectivity index (χ1n) is 8.94. The van der Waals surface area contributed by atoms with Gasteiger partial charge >= 0.3 is 11.7 Å². The van der Waals surface area contributed by atoms with Crippen molar-refractivity contribution in [1.82, 2.24) is 9.78 Å². The van der Waals surface area contributed by atoms with Gasteiger partial charge < -0.3 is 10.1 Å². The Morgan fingerprint density at radius 3 is 2.59 bits per heavy atom. The van der Waals surface area contributed by atoms with Crippen LogP contribution < -0.4 is 5.32 Å². The van der Waals surface area contributed by atoms with E-state index < -0.39 is 22.9 Å². The molecule has 3 aromatic rings. The van der Waals surface area contributed by atoms with Gasteiger partial charge in [0.25, 0.3) is 5.91 Å². The van der Waals surface area contributed by atoms with Crippen LogP contribution in [0.15, 0.2) is 42.5 Å². The lowest BCUT2D eigenvalue weighted by Gasteiger charge is -2.15. The summed E-state index contributed by atoms with van der Waals surface area (Å²) >= 11 is 0. The number of aromatic nitrogens is 2. The monoisotopic (exact) mass is 396 g/mol. The van der Waals surface area contributed by atoms with E-state index in [1.807, 2.05) is 36.4 Å². The van der Waals surface area contributed by atoms with Crippen molar-refractivity contribution in [1.29, 1.82) is 0 Å². The zero-order chi connectivity index (χ0) is 21.1. The lowest BCUT2D eigenvalue weighted by Crippen LogP contribution is -2.31. The molecule has 1 aromatic heterocycles. The molecular formula is C20H20N4O5. The molecule has 9 nitrogen and oxygen atoms in total. The minimum Gasteiger partial charge on any atom is -0.451 e. The van der Waals surface area contributed by atoms with Gasteiger partial charge in [-0.3, -0.25) is 24.4 Å². The van der Waals surface area contributed by atoms with Gasteiger partial charge in [0.05, 0.1) is 4.92 Å². The summed E-state index contributed by atoms with van der Waals surface area (Å²) in [4.78, 5) is 35.2. The summed E-state index contributed by atoms with van der Waals surface area (Å²) in [5.74, 6) is -1.19. The van der Waals surface area contributed by atoms with E-state index in [9.17, 15) is 19.7 Å². The third-order valence-corrected chi connectivity index (χ3v) is 4.53. The van der Waals surface area contributed by atoms with Gasteiger partial charge in [0.1, 0.15) is 17.9 Å². The molecule has 1 N–H and O–H groups in total. The minimum absolute atomic E-state index is 0.139. The van der Waals surface area contributed by atoms with Gasteiger partial charge in [0, 0.05) is 11.1 Å². The van der Waals surface area contributed by atoms with Gasteiger partial charge in [0.15, 0.2) is 6.10 Å². The van der Waals surface area contributed by atoms with Crippen molar-refractivity contribution in [2.24, 2.45) is 0 Å². The molecule has 0 radical (unpaired) electrons. The normalized spacial score (nSPS) is 11.8. The number of fused-ring (bicyclic) bond motifs is 1. The van der Waals surface area contributed by atoms with Crippen molar-refractivity contribution in [3.63, 3.8) is 0 Å². The zero-order valence-electron chi connectivity index (χ0n) is 16.2. The van der Waals surface area contributed by atoms with E-state index in [2.05, 4.69) is 10.4 Å². The second-order valence-electron chi connectivity index (χ2n) is 6.58. The van der Waals surface area contributed by atoms with Gasteiger partial charge in [-0.25, -0.2) is 0 Å². The summed E-state index contributed by atoms with van der Waals surface area (Å²) in [6, 6.07) is 13.1. The van der Waals surface area contributed by atoms with Crippen molar-refractivity contribution in [2.45, 2.75) is 33.4 Å². The number of benzene rings is 2. The van der Waals surface area contributed by atoms with E-state index in [-0.39, 0.29) is 23.6 Å². The summed E-state index contributed by atoms with van der Waals surface area (Å²) < 4.78 is 6.38. The van der Waals surface area contributed by atoms with E-state index in [1.54, 1.807) is 6.07 Å². The fraction of sp³-hybridized carbons (Fsp3) is 0.250. The third-order valence-electron chi connectivity index (χ3n) is 4.53. The Kier molecular flexibility index (Phi) is 5.58. The van der Waals surface area contributed by atoms with Gasteiger partial charge in [-0.1, -0.05) is 36.4 Å². The Bertz CT molecular complexity index is 1100. The first-order chi connectivity index (χ1) is 13.8. The number of hydrogen-bond acceptors (Lipinski definition) is 6. The predicted octanol–water partition coefficient (Wildman–Crippen LogP) is 3.13. The number of anilines is 1. The summed E-state index contributed by atoms with van der Waals surface area (Å²) in [5, 5.41) is 19.7. The number of nitrogens with one attached hydrogen (secondary N) is 1. The lowest BCUT2D eigenvalue weighted by molar-refractivity contribution is -0.386. The van der Waals surface area contributed by atoms with E-state index in [0.29, 0.717) is 5.69 Å². The van der Waals surface area contributed by atoms with Crippen LogP contribution >= 0.6 is 0 Å². The maximum absolute atomic E-state index is 12.5. The molecule has 1 amide bonds. The van der Waals surface area contributed by atoms with Gasteiger partial charge in [-0.05, 0) is 32.2 Å². The second kappa shape index (κ2) is 8.09. The van der Waals surface area contributed by atoms with Crippen molar-refractivity contribution in [3.05, 3.63) is 64.0 Å². The smallest absolute Gasteiger partial charge is 0.328 e. The van der Waals surface area contributed by atoms with Crippen LogP contribution in [-0.2, 0) is 20.9 Å². The minimum atomic E-state index is -1.05. The highest BCUT2D eigenvalue weighted by atomic mass is 16.6. The van der Waals surface area contributed by atoms with Gasteiger partial charge in [0.2, 0.25) is 0 Å². The maximum Gasteiger partial charge on any atom is 0.328 e. The number of carbonyl (C=O) groups is 2. The lowest BCUT2D eigenvalue weighted by atomic mass is 10.1. The standard InChI is InChI=1S/C20H20N4O5/c1-12-19(24(27)28)13(2)23(22-12)11-18(25)29-14(3)20(26)21-17-10-6-8-15-7-4-5-9-16(15)17/h4-10,14H,11H2,1-3H3,(H,21,26). The molecule has 0 aliphatic rings. The average molecular weight is 396 g/mol. The molecule has 0 saturated heterocycles. The van der Waals surface area contributed by atoms with E-state index in [1.165, 1.54) is 25.5 Å². The van der Waals surface area contributed by atoms with Crippen LogP contribution in [0.25, 0.3) is 10.8 Å².